The van der Waals surface area contributed by atoms with Gasteiger partial charge in [-0.05, 0) is 37.9 Å². The van der Waals surface area contributed by atoms with Crippen LogP contribution in [0.25, 0.3) is 0 Å². The van der Waals surface area contributed by atoms with Crippen LogP contribution in [0.1, 0.15) is 26.3 Å². The maximum absolute atomic E-state index is 10.9. The molecule has 0 spiro atoms. The lowest BCUT2D eigenvalue weighted by atomic mass is 10.1. The Morgan fingerprint density at radius 2 is 1.93 bits per heavy atom. The highest BCUT2D eigenvalue weighted by molar-refractivity contribution is 7.79. The van der Waals surface area contributed by atoms with Crippen LogP contribution in [0.3, 0.4) is 0 Å². The first-order valence-electron chi connectivity index (χ1n) is 4.64. The van der Waals surface area contributed by atoms with E-state index in [2.05, 4.69) is 4.99 Å². The molecule has 0 fully saturated rings. The van der Waals surface area contributed by atoms with Crippen molar-refractivity contribution in [3.8, 4) is 0 Å². The molecule has 1 rings (SSSR count). The van der Waals surface area contributed by atoms with E-state index >= 15 is 0 Å². The Morgan fingerprint density at radius 1 is 1.33 bits per heavy atom. The molecule has 0 aliphatic rings. The van der Waals surface area contributed by atoms with E-state index in [4.69, 9.17) is 0 Å². The van der Waals surface area contributed by atoms with Crippen molar-refractivity contribution in [1.29, 1.82) is 0 Å². The lowest BCUT2D eigenvalue weighted by molar-refractivity contribution is 0.537. The number of hydrogen-bond donors (Lipinski definition) is 0. The first-order chi connectivity index (χ1) is 6.90. The van der Waals surface area contributed by atoms with E-state index in [0.29, 0.717) is 5.56 Å². The first kappa shape index (κ1) is 12.1. The van der Waals surface area contributed by atoms with Crippen molar-refractivity contribution in [3.63, 3.8) is 0 Å². The lowest BCUT2D eigenvalue weighted by Gasteiger charge is -2.12. The summed E-state index contributed by atoms with van der Waals surface area (Å²) in [5.74, 6) is 0. The zero-order valence-electron chi connectivity index (χ0n) is 9.06. The van der Waals surface area contributed by atoms with Gasteiger partial charge in [-0.15, -0.1) is 0 Å². The fraction of sp³-hybridized carbons (Fsp3) is 0.364. The average molecular weight is 224 g/mol. The molecule has 4 heteroatoms. The molecule has 1 aromatic carbocycles. The number of benzene rings is 1. The molecule has 15 heavy (non-hydrogen) atoms. The summed E-state index contributed by atoms with van der Waals surface area (Å²) in [5, 5.41) is 0. The Bertz CT molecular complexity index is 394. The van der Waals surface area contributed by atoms with Crippen molar-refractivity contribution in [2.45, 2.75) is 31.2 Å². The molecule has 1 atom stereocenters. The van der Waals surface area contributed by atoms with E-state index in [0.717, 1.165) is 0 Å². The SMILES string of the molecule is CC(C)(C)N=Cc1ccccc1S(=O)[O-]. The summed E-state index contributed by atoms with van der Waals surface area (Å²) in [6.45, 7) is 5.88. The van der Waals surface area contributed by atoms with Gasteiger partial charge in [-0.3, -0.25) is 9.20 Å². The summed E-state index contributed by atoms with van der Waals surface area (Å²) < 4.78 is 21.8. The molecule has 0 aliphatic heterocycles. The van der Waals surface area contributed by atoms with Crippen LogP contribution in [-0.2, 0) is 11.1 Å². The predicted octanol–water partition coefficient (Wildman–Crippen LogP) is 2.14. The number of nitrogens with zero attached hydrogens (tertiary/aromatic N) is 1. The van der Waals surface area contributed by atoms with Gasteiger partial charge in [0, 0.05) is 16.7 Å². The monoisotopic (exact) mass is 224 g/mol. The van der Waals surface area contributed by atoms with Crippen molar-refractivity contribution < 1.29 is 8.76 Å². The predicted molar refractivity (Wildman–Crippen MR) is 61.0 cm³/mol. The molecule has 1 aromatic rings. The molecule has 0 bridgehead atoms. The van der Waals surface area contributed by atoms with Crippen LogP contribution in [0.15, 0.2) is 34.2 Å². The van der Waals surface area contributed by atoms with Crippen molar-refractivity contribution in [2.24, 2.45) is 4.99 Å². The van der Waals surface area contributed by atoms with Crippen LogP contribution >= 0.6 is 0 Å². The molecule has 3 nitrogen and oxygen atoms in total. The molecule has 0 radical (unpaired) electrons. The zero-order valence-corrected chi connectivity index (χ0v) is 9.88. The Balaban J connectivity index is 3.05. The van der Waals surface area contributed by atoms with E-state index in [9.17, 15) is 8.76 Å². The molecule has 0 heterocycles. The quantitative estimate of drug-likeness (QED) is 0.571. The van der Waals surface area contributed by atoms with Crippen molar-refractivity contribution >= 4 is 17.3 Å². The highest BCUT2D eigenvalue weighted by Crippen LogP contribution is 2.12. The first-order valence-corrected chi connectivity index (χ1v) is 5.71. The fourth-order valence-electron chi connectivity index (χ4n) is 1.00. The molecular weight excluding hydrogens is 210 g/mol. The molecule has 0 amide bonds. The number of aliphatic imine (C=N–C) groups is 1. The normalized spacial score (nSPS) is 14.4. The summed E-state index contributed by atoms with van der Waals surface area (Å²) in [7, 11) is 0. The molecule has 82 valence electrons. The average Bonchev–Trinajstić information content (AvgIpc) is 2.14. The fourth-order valence-corrected chi connectivity index (χ4v) is 1.51. The van der Waals surface area contributed by atoms with Gasteiger partial charge in [0.05, 0.1) is 5.54 Å². The third-order valence-corrected chi connectivity index (χ3v) is 2.42. The summed E-state index contributed by atoms with van der Waals surface area (Å²) >= 11 is -2.21. The third-order valence-electron chi connectivity index (χ3n) is 1.69. The van der Waals surface area contributed by atoms with Gasteiger partial charge in [0.2, 0.25) is 0 Å². The Morgan fingerprint density at radius 3 is 2.47 bits per heavy atom. The van der Waals surface area contributed by atoms with Crippen LogP contribution < -0.4 is 0 Å². The third kappa shape index (κ3) is 3.93. The van der Waals surface area contributed by atoms with Crippen molar-refractivity contribution in [3.05, 3.63) is 29.8 Å². The minimum atomic E-state index is -2.21. The van der Waals surface area contributed by atoms with Crippen molar-refractivity contribution in [1.82, 2.24) is 0 Å². The van der Waals surface area contributed by atoms with E-state index in [1.807, 2.05) is 20.8 Å². The molecular formula is C11H14NO2S-. The Labute approximate surface area is 92.5 Å². The van der Waals surface area contributed by atoms with Gasteiger partial charge < -0.3 is 4.55 Å². The van der Waals surface area contributed by atoms with Crippen LogP contribution in [0.4, 0.5) is 0 Å². The van der Waals surface area contributed by atoms with E-state index in [-0.39, 0.29) is 10.4 Å². The summed E-state index contributed by atoms with van der Waals surface area (Å²) in [5.41, 5.74) is 0.429. The number of rotatable bonds is 2. The van der Waals surface area contributed by atoms with E-state index in [1.54, 1.807) is 30.5 Å². The second-order valence-corrected chi connectivity index (χ2v) is 5.11. The van der Waals surface area contributed by atoms with Crippen LogP contribution in [0.2, 0.25) is 0 Å². The molecule has 0 aliphatic carbocycles. The van der Waals surface area contributed by atoms with Gasteiger partial charge in [-0.25, -0.2) is 0 Å². The van der Waals surface area contributed by atoms with E-state index in [1.165, 1.54) is 0 Å². The highest BCUT2D eigenvalue weighted by Gasteiger charge is 2.06. The largest absolute Gasteiger partial charge is 0.768 e. The van der Waals surface area contributed by atoms with Crippen molar-refractivity contribution in [2.75, 3.05) is 0 Å². The van der Waals surface area contributed by atoms with Gasteiger partial charge in [-0.1, -0.05) is 18.2 Å². The molecule has 0 saturated heterocycles. The minimum Gasteiger partial charge on any atom is -0.768 e. The maximum atomic E-state index is 10.9. The van der Waals surface area contributed by atoms with E-state index < -0.39 is 11.1 Å². The second-order valence-electron chi connectivity index (χ2n) is 4.20. The Kier molecular flexibility index (Phi) is 3.77. The summed E-state index contributed by atoms with van der Waals surface area (Å²) in [6.07, 6.45) is 1.60. The van der Waals surface area contributed by atoms with Crippen LogP contribution in [0.5, 0.6) is 0 Å². The Hall–Kier alpha value is -1.00. The molecule has 0 saturated carbocycles. The van der Waals surface area contributed by atoms with Gasteiger partial charge in [0.25, 0.3) is 0 Å². The minimum absolute atomic E-state index is 0.197. The van der Waals surface area contributed by atoms with Gasteiger partial charge in [0.1, 0.15) is 0 Å². The lowest BCUT2D eigenvalue weighted by Crippen LogP contribution is -2.10. The maximum Gasteiger partial charge on any atom is 0.0524 e. The second kappa shape index (κ2) is 4.68. The molecule has 0 N–H and O–H groups in total. The number of hydrogen-bond acceptors (Lipinski definition) is 3. The molecule has 1 unspecified atom stereocenters. The van der Waals surface area contributed by atoms with Gasteiger partial charge in [-0.2, -0.15) is 0 Å². The zero-order chi connectivity index (χ0) is 11.5. The highest BCUT2D eigenvalue weighted by atomic mass is 32.2. The summed E-state index contributed by atoms with van der Waals surface area (Å²) in [4.78, 5) is 4.55. The van der Waals surface area contributed by atoms with Crippen LogP contribution in [0, 0.1) is 0 Å². The topological polar surface area (TPSA) is 52.5 Å². The summed E-state index contributed by atoms with van der Waals surface area (Å²) in [6, 6.07) is 6.79. The molecule has 0 aromatic heterocycles. The van der Waals surface area contributed by atoms with Gasteiger partial charge in [0.15, 0.2) is 0 Å². The smallest absolute Gasteiger partial charge is 0.0524 e. The van der Waals surface area contributed by atoms with Crippen LogP contribution in [-0.4, -0.2) is 20.5 Å². The standard InChI is InChI=1S/C11H15NO2S/c1-11(2,3)12-8-9-6-4-5-7-10(9)15(13)14/h4-8H,1-3H3,(H,13,14)/p-1. The van der Waals surface area contributed by atoms with Gasteiger partial charge >= 0.3 is 0 Å².